The fourth-order valence-electron chi connectivity index (χ4n) is 2.10. The van der Waals surface area contributed by atoms with Gasteiger partial charge in [-0.3, -0.25) is 0 Å². The summed E-state index contributed by atoms with van der Waals surface area (Å²) in [6.07, 6.45) is 1.06. The van der Waals surface area contributed by atoms with Crippen molar-refractivity contribution >= 4 is 12.7 Å². The number of fused-ring (bicyclic) bond motifs is 3. The first-order chi connectivity index (χ1) is 6.95. The van der Waals surface area contributed by atoms with Gasteiger partial charge in [0.25, 0.3) is 0 Å². The van der Waals surface area contributed by atoms with E-state index in [0.717, 1.165) is 6.32 Å². The van der Waals surface area contributed by atoms with Crippen molar-refractivity contribution in [2.45, 2.75) is 6.32 Å². The van der Waals surface area contributed by atoms with Gasteiger partial charge >= 0.3 is 0 Å². The van der Waals surface area contributed by atoms with Crippen LogP contribution in [0.15, 0.2) is 48.5 Å². The van der Waals surface area contributed by atoms with Crippen LogP contribution >= 0.6 is 0 Å². The normalized spacial score (nSPS) is 12.6. The molecule has 0 aliphatic carbocycles. The molecular formula is C13H10B. The van der Waals surface area contributed by atoms with Crippen LogP contribution < -0.4 is 5.46 Å². The second-order valence-corrected chi connectivity index (χ2v) is 3.65. The molecule has 0 aromatic heterocycles. The lowest BCUT2D eigenvalue weighted by molar-refractivity contribution is 1.37. The summed E-state index contributed by atoms with van der Waals surface area (Å²) in [6.45, 7) is 0. The molecule has 0 spiro atoms. The van der Waals surface area contributed by atoms with E-state index in [2.05, 4.69) is 55.8 Å². The van der Waals surface area contributed by atoms with Gasteiger partial charge in [0.2, 0.25) is 0 Å². The molecule has 0 unspecified atom stereocenters. The fraction of sp³-hybridized carbons (Fsp3) is 0.0769. The predicted octanol–water partition coefficient (Wildman–Crippen LogP) is 2.20. The first-order valence-corrected chi connectivity index (χ1v) is 4.96. The van der Waals surface area contributed by atoms with Crippen molar-refractivity contribution in [2.75, 3.05) is 0 Å². The molecule has 0 saturated heterocycles. The van der Waals surface area contributed by atoms with Crippen molar-refractivity contribution in [3.63, 3.8) is 0 Å². The maximum atomic E-state index is 2.30. The van der Waals surface area contributed by atoms with Gasteiger partial charge in [-0.05, 0) is 23.0 Å². The minimum absolute atomic E-state index is 1.06. The molecule has 1 heteroatoms. The van der Waals surface area contributed by atoms with Crippen molar-refractivity contribution < 1.29 is 0 Å². The van der Waals surface area contributed by atoms with Gasteiger partial charge in [-0.2, -0.15) is 0 Å². The summed E-state index contributed by atoms with van der Waals surface area (Å²) < 4.78 is 0. The highest BCUT2D eigenvalue weighted by atomic mass is 14.1. The van der Waals surface area contributed by atoms with Gasteiger partial charge in [0.15, 0.2) is 7.28 Å². The number of rotatable bonds is 0. The molecule has 0 fully saturated rings. The van der Waals surface area contributed by atoms with Crippen molar-refractivity contribution in [3.05, 3.63) is 54.1 Å². The molecule has 0 atom stereocenters. The smallest absolute Gasteiger partial charge is 0.0797 e. The van der Waals surface area contributed by atoms with Crippen LogP contribution in [-0.2, 0) is 6.32 Å². The van der Waals surface area contributed by atoms with Gasteiger partial charge < -0.3 is 0 Å². The molecule has 14 heavy (non-hydrogen) atoms. The molecule has 2 aromatic rings. The van der Waals surface area contributed by atoms with Gasteiger partial charge in [-0.1, -0.05) is 54.0 Å². The van der Waals surface area contributed by atoms with Crippen LogP contribution in [-0.4, -0.2) is 7.28 Å². The number of benzene rings is 2. The van der Waals surface area contributed by atoms with Crippen LogP contribution in [0, 0.1) is 0 Å². The van der Waals surface area contributed by atoms with Gasteiger partial charge in [-0.25, -0.2) is 0 Å². The summed E-state index contributed by atoms with van der Waals surface area (Å²) >= 11 is 0. The minimum Gasteiger partial charge on any atom is -0.0797 e. The van der Waals surface area contributed by atoms with E-state index in [9.17, 15) is 0 Å². The molecule has 0 nitrogen and oxygen atoms in total. The Morgan fingerprint density at radius 2 is 1.50 bits per heavy atom. The summed E-state index contributed by atoms with van der Waals surface area (Å²) in [7, 11) is 2.30. The topological polar surface area (TPSA) is 0 Å². The molecule has 1 aliphatic heterocycles. The van der Waals surface area contributed by atoms with Crippen molar-refractivity contribution in [1.29, 1.82) is 0 Å². The molecule has 0 N–H and O–H groups in total. The van der Waals surface area contributed by atoms with E-state index >= 15 is 0 Å². The summed E-state index contributed by atoms with van der Waals surface area (Å²) in [5.41, 5.74) is 5.57. The van der Waals surface area contributed by atoms with Crippen molar-refractivity contribution in [2.24, 2.45) is 0 Å². The zero-order valence-corrected chi connectivity index (χ0v) is 7.90. The Labute approximate surface area is 84.8 Å². The highest BCUT2D eigenvalue weighted by Gasteiger charge is 2.14. The van der Waals surface area contributed by atoms with Gasteiger partial charge in [0.05, 0.1) is 0 Å². The fourth-order valence-corrected chi connectivity index (χ4v) is 2.10. The standard InChI is InChI=1S/C13H10B/c1-2-6-11-10(5-1)9-14-13-8-4-3-7-12(11)13/h1-8H,9H2. The molecule has 0 amide bonds. The summed E-state index contributed by atoms with van der Waals surface area (Å²) in [5, 5.41) is 0. The third-order valence-corrected chi connectivity index (χ3v) is 2.81. The van der Waals surface area contributed by atoms with Crippen LogP contribution in [0.1, 0.15) is 5.56 Å². The zero-order valence-electron chi connectivity index (χ0n) is 7.90. The molecule has 0 bridgehead atoms. The molecule has 65 valence electrons. The van der Waals surface area contributed by atoms with E-state index in [-0.39, 0.29) is 0 Å². The summed E-state index contributed by atoms with van der Waals surface area (Å²) in [6, 6.07) is 17.2. The Bertz CT molecular complexity index is 429. The van der Waals surface area contributed by atoms with Crippen LogP contribution in [0.4, 0.5) is 0 Å². The summed E-state index contributed by atoms with van der Waals surface area (Å²) in [5.74, 6) is 0. The first kappa shape index (κ1) is 7.87. The second kappa shape index (κ2) is 3.02. The maximum absolute atomic E-state index is 2.30. The second-order valence-electron chi connectivity index (χ2n) is 3.65. The quantitative estimate of drug-likeness (QED) is 0.541. The lowest BCUT2D eigenvalue weighted by atomic mass is 9.58. The van der Waals surface area contributed by atoms with Crippen LogP contribution in [0.3, 0.4) is 0 Å². The first-order valence-electron chi connectivity index (χ1n) is 4.96. The Hall–Kier alpha value is -1.50. The molecule has 1 heterocycles. The average molecular weight is 177 g/mol. The van der Waals surface area contributed by atoms with Crippen molar-refractivity contribution in [3.8, 4) is 11.1 Å². The van der Waals surface area contributed by atoms with E-state index in [1.54, 1.807) is 0 Å². The zero-order chi connectivity index (χ0) is 9.38. The van der Waals surface area contributed by atoms with E-state index in [1.807, 2.05) is 0 Å². The Kier molecular flexibility index (Phi) is 1.70. The third-order valence-electron chi connectivity index (χ3n) is 2.81. The highest BCUT2D eigenvalue weighted by molar-refractivity contribution is 6.56. The lowest BCUT2D eigenvalue weighted by Gasteiger charge is -2.18. The van der Waals surface area contributed by atoms with Crippen LogP contribution in [0.5, 0.6) is 0 Å². The minimum atomic E-state index is 1.06. The SMILES string of the molecule is [B]1Cc2ccccc2-c2ccccc21. The molecular weight excluding hydrogens is 167 g/mol. The van der Waals surface area contributed by atoms with E-state index in [4.69, 9.17) is 0 Å². The van der Waals surface area contributed by atoms with Gasteiger partial charge in [0, 0.05) is 0 Å². The molecule has 2 aromatic carbocycles. The van der Waals surface area contributed by atoms with Crippen LogP contribution in [0.25, 0.3) is 11.1 Å². The number of hydrogen-bond acceptors (Lipinski definition) is 0. The maximum Gasteiger partial charge on any atom is 0.157 e. The third kappa shape index (κ3) is 1.09. The van der Waals surface area contributed by atoms with Crippen molar-refractivity contribution in [1.82, 2.24) is 0 Å². The molecule has 0 saturated carbocycles. The lowest BCUT2D eigenvalue weighted by Crippen LogP contribution is -2.23. The van der Waals surface area contributed by atoms with Gasteiger partial charge in [-0.15, -0.1) is 0 Å². The molecule has 1 radical (unpaired) electrons. The van der Waals surface area contributed by atoms with Crippen LogP contribution in [0.2, 0.25) is 0 Å². The number of hydrogen-bond donors (Lipinski definition) is 0. The Morgan fingerprint density at radius 1 is 0.786 bits per heavy atom. The Morgan fingerprint density at radius 3 is 2.43 bits per heavy atom. The predicted molar refractivity (Wildman–Crippen MR) is 61.0 cm³/mol. The summed E-state index contributed by atoms with van der Waals surface area (Å²) in [4.78, 5) is 0. The van der Waals surface area contributed by atoms with E-state index in [0.29, 0.717) is 0 Å². The highest BCUT2D eigenvalue weighted by Crippen LogP contribution is 2.25. The van der Waals surface area contributed by atoms with E-state index in [1.165, 1.54) is 22.2 Å². The largest absolute Gasteiger partial charge is 0.157 e. The molecule has 1 aliphatic rings. The van der Waals surface area contributed by atoms with E-state index < -0.39 is 0 Å². The Balaban J connectivity index is 2.29. The molecule has 3 rings (SSSR count). The monoisotopic (exact) mass is 177 g/mol. The van der Waals surface area contributed by atoms with Gasteiger partial charge in [0.1, 0.15) is 0 Å². The average Bonchev–Trinajstić information content (AvgIpc) is 2.29.